The Kier molecular flexibility index (Phi) is 4.89. The largest absolute Gasteiger partial charge is 0.444 e. The Labute approximate surface area is 169 Å². The first-order valence-electron chi connectivity index (χ1n) is 9.87. The van der Waals surface area contributed by atoms with Crippen LogP contribution in [-0.4, -0.2) is 66.7 Å². The Morgan fingerprint density at radius 1 is 1.07 bits per heavy atom. The number of fused-ring (bicyclic) bond motifs is 1. The van der Waals surface area contributed by atoms with Crippen LogP contribution < -0.4 is 4.90 Å². The summed E-state index contributed by atoms with van der Waals surface area (Å²) in [5.41, 5.74) is 1.28. The molecule has 0 atom stereocenters. The van der Waals surface area contributed by atoms with Gasteiger partial charge in [-0.3, -0.25) is 8.97 Å². The summed E-state index contributed by atoms with van der Waals surface area (Å²) < 4.78 is 9.39. The highest BCUT2D eigenvalue weighted by molar-refractivity contribution is 5.68. The summed E-state index contributed by atoms with van der Waals surface area (Å²) in [5.74, 6) is 1.76. The van der Waals surface area contributed by atoms with Crippen molar-refractivity contribution in [3.8, 4) is 5.82 Å². The van der Waals surface area contributed by atoms with Crippen LogP contribution in [-0.2, 0) is 4.74 Å². The number of ether oxygens (including phenoxy) is 1. The predicted molar refractivity (Wildman–Crippen MR) is 109 cm³/mol. The van der Waals surface area contributed by atoms with Crippen molar-refractivity contribution in [2.75, 3.05) is 31.1 Å². The van der Waals surface area contributed by atoms with E-state index in [0.29, 0.717) is 13.1 Å². The molecule has 0 aliphatic carbocycles. The Balaban J connectivity index is 1.50. The predicted octanol–water partition coefficient (Wildman–Crippen LogP) is 2.67. The van der Waals surface area contributed by atoms with E-state index in [1.165, 1.54) is 0 Å². The summed E-state index contributed by atoms with van der Waals surface area (Å²) in [5, 5.41) is 0. The number of carbonyl (C=O) groups excluding carboxylic acids is 1. The van der Waals surface area contributed by atoms with E-state index >= 15 is 0 Å². The summed E-state index contributed by atoms with van der Waals surface area (Å²) in [6.07, 6.45) is 7.95. The van der Waals surface area contributed by atoms with Crippen LogP contribution in [0.2, 0.25) is 0 Å². The van der Waals surface area contributed by atoms with E-state index in [1.807, 2.05) is 55.1 Å². The summed E-state index contributed by atoms with van der Waals surface area (Å²) in [4.78, 5) is 29.8. The molecule has 29 heavy (non-hydrogen) atoms. The van der Waals surface area contributed by atoms with Gasteiger partial charge in [0.2, 0.25) is 0 Å². The molecule has 154 valence electrons. The van der Waals surface area contributed by atoms with Gasteiger partial charge in [-0.2, -0.15) is 0 Å². The van der Waals surface area contributed by atoms with Crippen LogP contribution in [0.4, 0.5) is 10.6 Å². The number of nitrogens with zero attached hydrogens (tertiary/aromatic N) is 7. The molecule has 4 rings (SSSR count). The van der Waals surface area contributed by atoms with Crippen LogP contribution in [0.15, 0.2) is 31.1 Å². The van der Waals surface area contributed by atoms with Crippen LogP contribution in [0.1, 0.15) is 32.9 Å². The highest BCUT2D eigenvalue weighted by Gasteiger charge is 2.25. The Morgan fingerprint density at radius 3 is 2.62 bits per heavy atom. The van der Waals surface area contributed by atoms with Gasteiger partial charge in [0.15, 0.2) is 0 Å². The van der Waals surface area contributed by atoms with Crippen LogP contribution in [0.3, 0.4) is 0 Å². The first-order chi connectivity index (χ1) is 13.8. The number of aromatic nitrogens is 5. The van der Waals surface area contributed by atoms with Crippen molar-refractivity contribution in [2.45, 2.75) is 39.7 Å². The number of amides is 1. The molecule has 1 amide bonds. The molecule has 0 bridgehead atoms. The zero-order valence-corrected chi connectivity index (χ0v) is 17.4. The number of carbonyl (C=O) groups is 1. The second kappa shape index (κ2) is 7.38. The lowest BCUT2D eigenvalue weighted by Crippen LogP contribution is -2.39. The number of hydrogen-bond acceptors (Lipinski definition) is 6. The molecule has 0 spiro atoms. The molecule has 1 aliphatic heterocycles. The summed E-state index contributed by atoms with van der Waals surface area (Å²) in [7, 11) is 0. The van der Waals surface area contributed by atoms with Crippen molar-refractivity contribution in [3.63, 3.8) is 0 Å². The van der Waals surface area contributed by atoms with Gasteiger partial charge in [0.05, 0.1) is 11.9 Å². The summed E-state index contributed by atoms with van der Waals surface area (Å²) in [6.45, 7) is 10.5. The highest BCUT2D eigenvalue weighted by atomic mass is 16.6. The van der Waals surface area contributed by atoms with Crippen LogP contribution in [0.5, 0.6) is 0 Å². The minimum Gasteiger partial charge on any atom is -0.444 e. The smallest absolute Gasteiger partial charge is 0.410 e. The van der Waals surface area contributed by atoms with Gasteiger partial charge >= 0.3 is 6.09 Å². The van der Waals surface area contributed by atoms with E-state index in [-0.39, 0.29) is 6.09 Å². The molecule has 0 aromatic carbocycles. The van der Waals surface area contributed by atoms with Gasteiger partial charge in [-0.05, 0) is 34.1 Å². The first-order valence-corrected chi connectivity index (χ1v) is 9.87. The Morgan fingerprint density at radius 2 is 1.90 bits per heavy atom. The number of rotatable bonds is 2. The highest BCUT2D eigenvalue weighted by Crippen LogP contribution is 2.20. The number of imidazole rings is 2. The van der Waals surface area contributed by atoms with Gasteiger partial charge in [0, 0.05) is 38.4 Å². The number of anilines is 1. The molecule has 0 radical (unpaired) electrons. The minimum absolute atomic E-state index is 0.251. The summed E-state index contributed by atoms with van der Waals surface area (Å²) in [6, 6.07) is 1.94. The minimum atomic E-state index is -0.484. The number of aryl methyl sites for hydroxylation is 1. The average Bonchev–Trinajstić information content (AvgIpc) is 3.19. The molecule has 4 heterocycles. The van der Waals surface area contributed by atoms with Gasteiger partial charge in [-0.15, -0.1) is 0 Å². The SMILES string of the molecule is Cc1cn(-c2cc3ncc(N4CCCN(C(=O)OC(C)(C)C)CC4)n3cn2)cn1. The molecule has 1 aliphatic rings. The maximum atomic E-state index is 12.4. The molecule has 3 aromatic rings. The molecule has 9 heteroatoms. The van der Waals surface area contributed by atoms with E-state index in [1.54, 1.807) is 17.6 Å². The topological polar surface area (TPSA) is 80.8 Å². The maximum absolute atomic E-state index is 12.4. The van der Waals surface area contributed by atoms with Crippen molar-refractivity contribution >= 4 is 17.6 Å². The van der Waals surface area contributed by atoms with Crippen molar-refractivity contribution in [1.82, 2.24) is 28.8 Å². The van der Waals surface area contributed by atoms with Gasteiger partial charge in [-0.25, -0.2) is 19.7 Å². The second-order valence-electron chi connectivity index (χ2n) is 8.32. The van der Waals surface area contributed by atoms with E-state index in [9.17, 15) is 4.79 Å². The standard InChI is InChI=1S/C20H27N7O2/c1-15-12-26(13-22-15)16-10-17-21-11-18(27(17)14-23-16)24-6-5-7-25(9-8-24)19(28)29-20(2,3)4/h10-14H,5-9H2,1-4H3. The van der Waals surface area contributed by atoms with E-state index in [2.05, 4.69) is 19.9 Å². The molecule has 3 aromatic heterocycles. The van der Waals surface area contributed by atoms with Crippen LogP contribution in [0, 0.1) is 6.92 Å². The normalized spacial score (nSPS) is 15.6. The molecule has 0 saturated carbocycles. The average molecular weight is 397 g/mol. The molecule has 0 unspecified atom stereocenters. The fourth-order valence-corrected chi connectivity index (χ4v) is 3.44. The fraction of sp³-hybridized carbons (Fsp3) is 0.500. The molecular weight excluding hydrogens is 370 g/mol. The van der Waals surface area contributed by atoms with Crippen LogP contribution >= 0.6 is 0 Å². The zero-order chi connectivity index (χ0) is 20.6. The first kappa shape index (κ1) is 19.2. The third-order valence-electron chi connectivity index (χ3n) is 4.82. The zero-order valence-electron chi connectivity index (χ0n) is 17.4. The molecule has 9 nitrogen and oxygen atoms in total. The van der Waals surface area contributed by atoms with Gasteiger partial charge in [0.25, 0.3) is 0 Å². The Hall–Kier alpha value is -3.10. The Bertz CT molecular complexity index is 1020. The van der Waals surface area contributed by atoms with E-state index in [4.69, 9.17) is 4.74 Å². The molecule has 1 fully saturated rings. The third-order valence-corrected chi connectivity index (χ3v) is 4.82. The third kappa shape index (κ3) is 4.18. The maximum Gasteiger partial charge on any atom is 0.410 e. The van der Waals surface area contributed by atoms with Crippen LogP contribution in [0.25, 0.3) is 11.5 Å². The van der Waals surface area contributed by atoms with E-state index in [0.717, 1.165) is 42.5 Å². The lowest BCUT2D eigenvalue weighted by molar-refractivity contribution is 0.0263. The van der Waals surface area contributed by atoms with E-state index < -0.39 is 5.60 Å². The van der Waals surface area contributed by atoms with Gasteiger partial charge < -0.3 is 14.5 Å². The van der Waals surface area contributed by atoms with Gasteiger partial charge in [-0.1, -0.05) is 0 Å². The fourth-order valence-electron chi connectivity index (χ4n) is 3.44. The lowest BCUT2D eigenvalue weighted by Gasteiger charge is -2.26. The molecular formula is C20H27N7O2. The van der Waals surface area contributed by atoms with Crippen molar-refractivity contribution in [3.05, 3.63) is 36.8 Å². The molecule has 0 N–H and O–H groups in total. The number of hydrogen-bond donors (Lipinski definition) is 0. The summed E-state index contributed by atoms with van der Waals surface area (Å²) >= 11 is 0. The monoisotopic (exact) mass is 397 g/mol. The lowest BCUT2D eigenvalue weighted by atomic mass is 10.2. The van der Waals surface area contributed by atoms with Gasteiger partial charge in [0.1, 0.15) is 35.5 Å². The molecule has 1 saturated heterocycles. The quantitative estimate of drug-likeness (QED) is 0.661. The van der Waals surface area contributed by atoms with Crippen molar-refractivity contribution in [1.29, 1.82) is 0 Å². The van der Waals surface area contributed by atoms with Crippen molar-refractivity contribution in [2.24, 2.45) is 0 Å². The second-order valence-corrected chi connectivity index (χ2v) is 8.32. The van der Waals surface area contributed by atoms with Crippen molar-refractivity contribution < 1.29 is 9.53 Å².